The van der Waals surface area contributed by atoms with E-state index in [1.54, 1.807) is 20.4 Å². The van der Waals surface area contributed by atoms with Crippen LogP contribution in [0.3, 0.4) is 0 Å². The second kappa shape index (κ2) is 7.49. The Morgan fingerprint density at radius 3 is 2.88 bits per heavy atom. The van der Waals surface area contributed by atoms with Crippen LogP contribution in [0.5, 0.6) is 11.5 Å². The lowest BCUT2D eigenvalue weighted by molar-refractivity contribution is 0.317. The maximum absolute atomic E-state index is 5.47. The Balaban J connectivity index is 1.62. The highest BCUT2D eigenvalue weighted by molar-refractivity contribution is 5.40. The summed E-state index contributed by atoms with van der Waals surface area (Å²) in [4.78, 5) is 11.1. The number of hydrogen-bond acceptors (Lipinski definition) is 6. The highest BCUT2D eigenvalue weighted by Crippen LogP contribution is 2.26. The maximum atomic E-state index is 5.47. The molecule has 1 fully saturated rings. The number of methoxy groups -OCH3 is 2. The molecule has 1 aromatic carbocycles. The van der Waals surface area contributed by atoms with Crippen LogP contribution in [-0.2, 0) is 6.54 Å². The molecule has 2 heterocycles. The fourth-order valence-corrected chi connectivity index (χ4v) is 3.04. The fourth-order valence-electron chi connectivity index (χ4n) is 3.04. The van der Waals surface area contributed by atoms with Crippen LogP contribution in [0.2, 0.25) is 0 Å². The topological polar surface area (TPSA) is 59.5 Å². The second-order valence-corrected chi connectivity index (χ2v) is 6.06. The highest BCUT2D eigenvalue weighted by Gasteiger charge is 2.24. The molecule has 1 atom stereocenters. The molecule has 6 nitrogen and oxygen atoms in total. The first-order chi connectivity index (χ1) is 11.7. The van der Waals surface area contributed by atoms with Crippen LogP contribution < -0.4 is 14.8 Å². The Bertz CT molecular complexity index is 692. The van der Waals surface area contributed by atoms with E-state index in [9.17, 15) is 0 Å². The molecule has 0 amide bonds. The number of anilines is 1. The number of ether oxygens (including phenoxy) is 2. The normalized spacial score (nSPS) is 17.7. The minimum absolute atomic E-state index is 0.364. The summed E-state index contributed by atoms with van der Waals surface area (Å²) in [6.45, 7) is 4.80. The van der Waals surface area contributed by atoms with Crippen LogP contribution in [-0.4, -0.2) is 48.2 Å². The highest BCUT2D eigenvalue weighted by atomic mass is 16.5. The molecule has 0 radical (unpaired) electrons. The van der Waals surface area contributed by atoms with E-state index in [0.717, 1.165) is 48.8 Å². The van der Waals surface area contributed by atoms with Crippen LogP contribution >= 0.6 is 0 Å². The molecule has 24 heavy (non-hydrogen) atoms. The minimum atomic E-state index is 0.364. The van der Waals surface area contributed by atoms with Crippen LogP contribution in [0.1, 0.15) is 17.7 Å². The lowest BCUT2D eigenvalue weighted by Crippen LogP contribution is -2.26. The summed E-state index contributed by atoms with van der Waals surface area (Å²) in [5.41, 5.74) is 2.12. The van der Waals surface area contributed by atoms with Gasteiger partial charge in [-0.15, -0.1) is 0 Å². The summed E-state index contributed by atoms with van der Waals surface area (Å²) in [7, 11) is 3.39. The van der Waals surface area contributed by atoms with Crippen molar-refractivity contribution in [3.63, 3.8) is 0 Å². The number of aromatic nitrogens is 2. The Kier molecular flexibility index (Phi) is 5.15. The van der Waals surface area contributed by atoms with Crippen molar-refractivity contribution in [2.75, 3.05) is 32.6 Å². The SMILES string of the molecule is COc1ccc(OC)c(CN2CCC(Nc3nccc(C)n3)C2)c1. The third kappa shape index (κ3) is 3.94. The predicted molar refractivity (Wildman–Crippen MR) is 93.6 cm³/mol. The average Bonchev–Trinajstić information content (AvgIpc) is 3.01. The van der Waals surface area contributed by atoms with Gasteiger partial charge in [-0.3, -0.25) is 4.90 Å². The number of nitrogens with one attached hydrogen (secondary N) is 1. The number of aryl methyl sites for hydroxylation is 1. The van der Waals surface area contributed by atoms with E-state index >= 15 is 0 Å². The third-order valence-corrected chi connectivity index (χ3v) is 4.28. The van der Waals surface area contributed by atoms with Crippen molar-refractivity contribution in [3.8, 4) is 11.5 Å². The number of rotatable bonds is 6. The third-order valence-electron chi connectivity index (χ3n) is 4.28. The number of likely N-dealkylation sites (tertiary alicyclic amines) is 1. The van der Waals surface area contributed by atoms with E-state index in [0.29, 0.717) is 12.0 Å². The Labute approximate surface area is 142 Å². The second-order valence-electron chi connectivity index (χ2n) is 6.06. The fraction of sp³-hybridized carbons (Fsp3) is 0.444. The van der Waals surface area contributed by atoms with Gasteiger partial charge < -0.3 is 14.8 Å². The summed E-state index contributed by atoms with van der Waals surface area (Å²) < 4.78 is 10.8. The Morgan fingerprint density at radius 1 is 1.25 bits per heavy atom. The first kappa shape index (κ1) is 16.5. The largest absolute Gasteiger partial charge is 0.497 e. The lowest BCUT2D eigenvalue weighted by atomic mass is 10.1. The molecule has 0 saturated carbocycles. The Morgan fingerprint density at radius 2 is 2.12 bits per heavy atom. The predicted octanol–water partition coefficient (Wildman–Crippen LogP) is 2.49. The first-order valence-corrected chi connectivity index (χ1v) is 8.17. The van der Waals surface area contributed by atoms with Gasteiger partial charge in [-0.25, -0.2) is 9.97 Å². The van der Waals surface area contributed by atoms with Gasteiger partial charge in [-0.2, -0.15) is 0 Å². The molecule has 3 rings (SSSR count). The zero-order chi connectivity index (χ0) is 16.9. The summed E-state index contributed by atoms with van der Waals surface area (Å²) in [6.07, 6.45) is 2.86. The molecule has 1 unspecified atom stereocenters. The summed E-state index contributed by atoms with van der Waals surface area (Å²) >= 11 is 0. The summed E-state index contributed by atoms with van der Waals surface area (Å²) in [5.74, 6) is 2.46. The van der Waals surface area contributed by atoms with Crippen LogP contribution in [0.15, 0.2) is 30.5 Å². The molecular weight excluding hydrogens is 304 g/mol. The van der Waals surface area contributed by atoms with Gasteiger partial charge in [0.2, 0.25) is 5.95 Å². The molecule has 1 N–H and O–H groups in total. The molecule has 1 saturated heterocycles. The van der Waals surface area contributed by atoms with Gasteiger partial charge in [0.05, 0.1) is 14.2 Å². The van der Waals surface area contributed by atoms with E-state index in [-0.39, 0.29) is 0 Å². The smallest absolute Gasteiger partial charge is 0.223 e. The first-order valence-electron chi connectivity index (χ1n) is 8.17. The van der Waals surface area contributed by atoms with Crippen molar-refractivity contribution >= 4 is 5.95 Å². The molecule has 6 heteroatoms. The van der Waals surface area contributed by atoms with Crippen molar-refractivity contribution in [2.45, 2.75) is 25.9 Å². The van der Waals surface area contributed by atoms with Crippen LogP contribution in [0, 0.1) is 6.92 Å². The van der Waals surface area contributed by atoms with Crippen molar-refractivity contribution in [1.29, 1.82) is 0 Å². The van der Waals surface area contributed by atoms with Crippen molar-refractivity contribution in [3.05, 3.63) is 41.7 Å². The van der Waals surface area contributed by atoms with Crippen molar-refractivity contribution < 1.29 is 9.47 Å². The van der Waals surface area contributed by atoms with Crippen molar-refractivity contribution in [1.82, 2.24) is 14.9 Å². The molecule has 0 aliphatic carbocycles. The monoisotopic (exact) mass is 328 g/mol. The van der Waals surface area contributed by atoms with Gasteiger partial charge in [-0.1, -0.05) is 0 Å². The summed E-state index contributed by atoms with van der Waals surface area (Å²) in [6, 6.07) is 8.19. The quantitative estimate of drug-likeness (QED) is 0.879. The molecule has 1 aliphatic heterocycles. The standard InChI is InChI=1S/C18H24N4O2/c1-13-6-8-19-18(20-13)21-15-7-9-22(12-15)11-14-10-16(23-2)4-5-17(14)24-3/h4-6,8,10,15H,7,9,11-12H2,1-3H3,(H,19,20,21). The lowest BCUT2D eigenvalue weighted by Gasteiger charge is -2.19. The van der Waals surface area contributed by atoms with Gasteiger partial charge in [0.25, 0.3) is 0 Å². The van der Waals surface area contributed by atoms with Crippen molar-refractivity contribution in [2.24, 2.45) is 0 Å². The van der Waals surface area contributed by atoms with Gasteiger partial charge in [0, 0.05) is 43.1 Å². The molecule has 0 bridgehead atoms. The number of benzene rings is 1. The van der Waals surface area contributed by atoms with E-state index in [1.165, 1.54) is 0 Å². The molecule has 0 spiro atoms. The molecule has 1 aromatic heterocycles. The molecule has 1 aliphatic rings. The van der Waals surface area contributed by atoms with Gasteiger partial charge in [0.15, 0.2) is 0 Å². The average molecular weight is 328 g/mol. The molecule has 2 aromatic rings. The van der Waals surface area contributed by atoms with Crippen LogP contribution in [0.4, 0.5) is 5.95 Å². The van der Waals surface area contributed by atoms with E-state index in [1.807, 2.05) is 31.2 Å². The maximum Gasteiger partial charge on any atom is 0.223 e. The number of nitrogens with zero attached hydrogens (tertiary/aromatic N) is 3. The molecule has 128 valence electrons. The minimum Gasteiger partial charge on any atom is -0.497 e. The number of hydrogen-bond donors (Lipinski definition) is 1. The van der Waals surface area contributed by atoms with E-state index < -0.39 is 0 Å². The molecular formula is C18H24N4O2. The Hall–Kier alpha value is -2.34. The van der Waals surface area contributed by atoms with Gasteiger partial charge >= 0.3 is 0 Å². The van der Waals surface area contributed by atoms with Gasteiger partial charge in [0.1, 0.15) is 11.5 Å². The zero-order valence-corrected chi connectivity index (χ0v) is 14.5. The summed E-state index contributed by atoms with van der Waals surface area (Å²) in [5, 5.41) is 3.43. The van der Waals surface area contributed by atoms with Crippen LogP contribution in [0.25, 0.3) is 0 Å². The zero-order valence-electron chi connectivity index (χ0n) is 14.5. The van der Waals surface area contributed by atoms with E-state index in [2.05, 4.69) is 20.2 Å². The van der Waals surface area contributed by atoms with Gasteiger partial charge in [-0.05, 0) is 37.6 Å². The van der Waals surface area contributed by atoms with E-state index in [4.69, 9.17) is 9.47 Å².